The molecule has 3 aromatic rings. The molecule has 152 valence electrons. The largest absolute Gasteiger partial charge is 0.445 e. The molecule has 1 unspecified atom stereocenters. The molecule has 30 heavy (non-hydrogen) atoms. The van der Waals surface area contributed by atoms with E-state index in [0.29, 0.717) is 17.7 Å². The number of cyclic esters (lactones) is 1. The van der Waals surface area contributed by atoms with Gasteiger partial charge in [0.15, 0.2) is 5.60 Å². The molecule has 0 bridgehead atoms. The van der Waals surface area contributed by atoms with Crippen molar-refractivity contribution in [1.82, 2.24) is 9.55 Å². The van der Waals surface area contributed by atoms with Gasteiger partial charge in [0.1, 0.15) is 5.82 Å². The second kappa shape index (κ2) is 7.13. The molecule has 1 aromatic heterocycles. The van der Waals surface area contributed by atoms with Gasteiger partial charge in [-0.15, -0.1) is 0 Å². The molecule has 3 heterocycles. The van der Waals surface area contributed by atoms with E-state index in [1.807, 2.05) is 36.4 Å². The van der Waals surface area contributed by atoms with Crippen molar-refractivity contribution in [3.63, 3.8) is 0 Å². The van der Waals surface area contributed by atoms with Crippen LogP contribution in [0, 0.1) is 0 Å². The number of anilines is 1. The van der Waals surface area contributed by atoms with Crippen molar-refractivity contribution < 1.29 is 14.3 Å². The highest BCUT2D eigenvalue weighted by atomic mass is 16.6. The number of esters is 1. The third kappa shape index (κ3) is 3.28. The van der Waals surface area contributed by atoms with Gasteiger partial charge in [-0.25, -0.2) is 9.78 Å². The lowest BCUT2D eigenvalue weighted by molar-refractivity contribution is -0.134. The summed E-state index contributed by atoms with van der Waals surface area (Å²) in [5.41, 5.74) is 2.60. The molecule has 0 spiro atoms. The number of amides is 1. The number of nitrogens with one attached hydrogen (secondary N) is 1. The van der Waals surface area contributed by atoms with Crippen LogP contribution >= 0.6 is 0 Å². The molecule has 2 aromatic carbocycles. The number of ether oxygens (including phenoxy) is 1. The summed E-state index contributed by atoms with van der Waals surface area (Å²) in [6.45, 7) is 2.66. The van der Waals surface area contributed by atoms with Gasteiger partial charge < -0.3 is 14.6 Å². The van der Waals surface area contributed by atoms with Crippen LogP contribution in [-0.2, 0) is 28.9 Å². The van der Waals surface area contributed by atoms with E-state index in [4.69, 9.17) is 9.72 Å². The highest BCUT2D eigenvalue weighted by Gasteiger charge is 2.42. The lowest BCUT2D eigenvalue weighted by Gasteiger charge is -2.33. The molecule has 6 nitrogen and oxygen atoms in total. The first kappa shape index (κ1) is 18.6. The summed E-state index contributed by atoms with van der Waals surface area (Å²) in [6.07, 6.45) is 5.78. The number of imidazole rings is 1. The third-order valence-corrected chi connectivity index (χ3v) is 5.89. The number of fused-ring (bicyclic) bond motifs is 2. The smallest absolute Gasteiger partial charge is 0.339 e. The third-order valence-electron chi connectivity index (χ3n) is 5.89. The number of aromatic nitrogens is 2. The lowest BCUT2D eigenvalue weighted by Crippen LogP contribution is -2.48. The van der Waals surface area contributed by atoms with Crippen molar-refractivity contribution in [3.8, 4) is 11.3 Å². The van der Waals surface area contributed by atoms with Gasteiger partial charge in [0.05, 0.1) is 11.3 Å². The Labute approximate surface area is 174 Å². The topological polar surface area (TPSA) is 73.2 Å². The Bertz CT molecular complexity index is 1130. The highest BCUT2D eigenvalue weighted by molar-refractivity contribution is 6.02. The average Bonchev–Trinajstić information content (AvgIpc) is 3.18. The van der Waals surface area contributed by atoms with E-state index in [-0.39, 0.29) is 5.91 Å². The SMILES string of the molecule is CC1(C(=O)Nc2cccc(-c3cn4c(n3)CCCC4)c2)Cc2ccccc2C(=O)O1. The van der Waals surface area contributed by atoms with Gasteiger partial charge in [-0.05, 0) is 43.5 Å². The average molecular weight is 401 g/mol. The number of carbonyl (C=O) groups is 2. The number of carbonyl (C=O) groups excluding carboxylic acids is 2. The molecule has 0 saturated carbocycles. The maximum absolute atomic E-state index is 13.0. The lowest BCUT2D eigenvalue weighted by atomic mass is 9.89. The summed E-state index contributed by atoms with van der Waals surface area (Å²) in [4.78, 5) is 30.2. The predicted octanol–water partition coefficient (Wildman–Crippen LogP) is 4.00. The summed E-state index contributed by atoms with van der Waals surface area (Å²) >= 11 is 0. The highest BCUT2D eigenvalue weighted by Crippen LogP contribution is 2.30. The minimum Gasteiger partial charge on any atom is -0.445 e. The van der Waals surface area contributed by atoms with Gasteiger partial charge in [-0.2, -0.15) is 0 Å². The summed E-state index contributed by atoms with van der Waals surface area (Å²) in [5, 5.41) is 2.92. The number of nitrogens with zero attached hydrogens (tertiary/aromatic N) is 2. The molecule has 6 heteroatoms. The van der Waals surface area contributed by atoms with E-state index in [1.165, 1.54) is 12.8 Å². The maximum Gasteiger partial charge on any atom is 0.339 e. The van der Waals surface area contributed by atoms with E-state index in [2.05, 4.69) is 16.1 Å². The van der Waals surface area contributed by atoms with E-state index in [1.54, 1.807) is 19.1 Å². The van der Waals surface area contributed by atoms with Crippen LogP contribution in [0.1, 0.15) is 41.5 Å². The van der Waals surface area contributed by atoms with Crippen molar-refractivity contribution in [1.29, 1.82) is 0 Å². The zero-order chi connectivity index (χ0) is 20.7. The molecule has 0 saturated heterocycles. The van der Waals surface area contributed by atoms with Crippen LogP contribution in [0.25, 0.3) is 11.3 Å². The number of aryl methyl sites for hydroxylation is 2. The summed E-state index contributed by atoms with van der Waals surface area (Å²) in [7, 11) is 0. The molecule has 5 rings (SSSR count). The Hall–Kier alpha value is -3.41. The first-order chi connectivity index (χ1) is 14.5. The molecule has 1 N–H and O–H groups in total. The fourth-order valence-corrected chi connectivity index (χ4v) is 4.23. The van der Waals surface area contributed by atoms with E-state index < -0.39 is 11.6 Å². The van der Waals surface area contributed by atoms with E-state index >= 15 is 0 Å². The van der Waals surface area contributed by atoms with Crippen LogP contribution in [0.4, 0.5) is 5.69 Å². The van der Waals surface area contributed by atoms with Crippen molar-refractivity contribution in [2.24, 2.45) is 0 Å². The van der Waals surface area contributed by atoms with Crippen LogP contribution in [0.5, 0.6) is 0 Å². The van der Waals surface area contributed by atoms with Crippen molar-refractivity contribution in [3.05, 3.63) is 71.7 Å². The molecule has 0 aliphatic carbocycles. The molecule has 1 atom stereocenters. The molecular weight excluding hydrogens is 378 g/mol. The summed E-state index contributed by atoms with van der Waals surface area (Å²) < 4.78 is 7.75. The van der Waals surface area contributed by atoms with E-state index in [9.17, 15) is 9.59 Å². The maximum atomic E-state index is 13.0. The Balaban J connectivity index is 1.37. The zero-order valence-corrected chi connectivity index (χ0v) is 16.9. The molecular formula is C24H23N3O3. The second-order valence-corrected chi connectivity index (χ2v) is 8.18. The van der Waals surface area contributed by atoms with E-state index in [0.717, 1.165) is 35.6 Å². The summed E-state index contributed by atoms with van der Waals surface area (Å²) in [5.74, 6) is 0.310. The standard InChI is InChI=1S/C24H23N3O3/c1-24(14-17-7-2-3-10-19(17)22(28)30-24)23(29)25-18-9-6-8-16(13-18)20-15-27-12-5-4-11-21(27)26-20/h2-3,6-10,13,15H,4-5,11-12,14H2,1H3,(H,25,29). The van der Waals surface area contributed by atoms with Crippen molar-refractivity contribution in [2.75, 3.05) is 5.32 Å². The van der Waals surface area contributed by atoms with Gasteiger partial charge >= 0.3 is 5.97 Å². The van der Waals surface area contributed by atoms with Gasteiger partial charge in [-0.3, -0.25) is 4.79 Å². The van der Waals surface area contributed by atoms with Gasteiger partial charge in [0.2, 0.25) is 0 Å². The number of rotatable bonds is 3. The minimum absolute atomic E-state index is 0.341. The van der Waals surface area contributed by atoms with Gasteiger partial charge in [0, 0.05) is 36.8 Å². The van der Waals surface area contributed by atoms with Crippen LogP contribution in [-0.4, -0.2) is 27.0 Å². The van der Waals surface area contributed by atoms with Crippen LogP contribution in [0.3, 0.4) is 0 Å². The number of hydrogen-bond donors (Lipinski definition) is 1. The molecule has 0 radical (unpaired) electrons. The first-order valence-electron chi connectivity index (χ1n) is 10.3. The van der Waals surface area contributed by atoms with Crippen molar-refractivity contribution in [2.45, 2.75) is 44.8 Å². The first-order valence-corrected chi connectivity index (χ1v) is 10.3. The Kier molecular flexibility index (Phi) is 4.42. The molecule has 1 amide bonds. The monoisotopic (exact) mass is 401 g/mol. The van der Waals surface area contributed by atoms with Gasteiger partial charge in [-0.1, -0.05) is 30.3 Å². The zero-order valence-electron chi connectivity index (χ0n) is 16.9. The van der Waals surface area contributed by atoms with Crippen LogP contribution < -0.4 is 5.32 Å². The van der Waals surface area contributed by atoms with Gasteiger partial charge in [0.25, 0.3) is 5.91 Å². The number of hydrogen-bond acceptors (Lipinski definition) is 4. The Morgan fingerprint density at radius 2 is 2.03 bits per heavy atom. The second-order valence-electron chi connectivity index (χ2n) is 8.18. The van der Waals surface area contributed by atoms with Crippen LogP contribution in [0.2, 0.25) is 0 Å². The number of benzene rings is 2. The Morgan fingerprint density at radius 1 is 1.17 bits per heavy atom. The molecule has 2 aliphatic rings. The fourth-order valence-electron chi connectivity index (χ4n) is 4.23. The molecule has 0 fully saturated rings. The Morgan fingerprint density at radius 3 is 2.90 bits per heavy atom. The summed E-state index contributed by atoms with van der Waals surface area (Å²) in [6, 6.07) is 14.9. The predicted molar refractivity (Wildman–Crippen MR) is 113 cm³/mol. The minimum atomic E-state index is -1.26. The molecule has 2 aliphatic heterocycles. The quantitative estimate of drug-likeness (QED) is 0.674. The fraction of sp³-hybridized carbons (Fsp3) is 0.292. The van der Waals surface area contributed by atoms with Crippen molar-refractivity contribution >= 4 is 17.6 Å². The van der Waals surface area contributed by atoms with Crippen LogP contribution in [0.15, 0.2) is 54.7 Å². The normalized spacial score (nSPS) is 20.1.